The smallest absolute Gasteiger partial charge is 0.235 e. The van der Waals surface area contributed by atoms with Crippen molar-refractivity contribution in [1.82, 2.24) is 34.8 Å². The van der Waals surface area contributed by atoms with Crippen molar-refractivity contribution in [1.29, 1.82) is 0 Å². The molecule has 19 heavy (non-hydrogen) atoms. The minimum absolute atomic E-state index is 0.365. The third-order valence-corrected chi connectivity index (χ3v) is 3.37. The van der Waals surface area contributed by atoms with Crippen LogP contribution in [0.3, 0.4) is 0 Å². The summed E-state index contributed by atoms with van der Waals surface area (Å²) >= 11 is 1.40. The molecule has 100 valence electrons. The number of fused-ring (bicyclic) bond motifs is 1. The Kier molecular flexibility index (Phi) is 3.19. The van der Waals surface area contributed by atoms with Crippen LogP contribution in [-0.4, -0.2) is 48.5 Å². The lowest BCUT2D eigenvalue weighted by atomic mass is 10.5. The topological polar surface area (TPSA) is 109 Å². The first-order valence-corrected chi connectivity index (χ1v) is 6.44. The monoisotopic (exact) mass is 280 g/mol. The van der Waals surface area contributed by atoms with Gasteiger partial charge in [0.05, 0.1) is 12.7 Å². The Morgan fingerprint density at radius 3 is 3.05 bits per heavy atom. The lowest BCUT2D eigenvalue weighted by Crippen LogP contribution is -2.10. The summed E-state index contributed by atoms with van der Waals surface area (Å²) in [4.78, 5) is 0.704. The standard InChI is InChI=1S/C9H12N8OS/c1-18-5-7-12-13-9-17(7)14-8(19-9)6-4-16(3-2-10)15-11-6/h4H,2-3,5,10H2,1H3. The van der Waals surface area contributed by atoms with Crippen LogP contribution < -0.4 is 5.73 Å². The number of methoxy groups -OCH3 is 1. The van der Waals surface area contributed by atoms with Crippen LogP contribution >= 0.6 is 11.3 Å². The van der Waals surface area contributed by atoms with Crippen molar-refractivity contribution in [3.8, 4) is 10.7 Å². The molecule has 3 rings (SSSR count). The third-order valence-electron chi connectivity index (χ3n) is 2.44. The number of nitrogens with two attached hydrogens (primary N) is 1. The van der Waals surface area contributed by atoms with E-state index in [0.717, 1.165) is 5.01 Å². The Labute approximate surface area is 112 Å². The highest BCUT2D eigenvalue weighted by molar-refractivity contribution is 7.19. The first-order chi connectivity index (χ1) is 9.31. The third kappa shape index (κ3) is 2.20. The zero-order valence-electron chi connectivity index (χ0n) is 10.2. The van der Waals surface area contributed by atoms with Crippen molar-refractivity contribution in [3.63, 3.8) is 0 Å². The van der Waals surface area contributed by atoms with Crippen molar-refractivity contribution in [3.05, 3.63) is 12.0 Å². The fraction of sp³-hybridized carbons (Fsp3) is 0.444. The van der Waals surface area contributed by atoms with Gasteiger partial charge in [0, 0.05) is 13.7 Å². The van der Waals surface area contributed by atoms with Crippen LogP contribution in [0.5, 0.6) is 0 Å². The molecular weight excluding hydrogens is 268 g/mol. The quantitative estimate of drug-likeness (QED) is 0.674. The van der Waals surface area contributed by atoms with Gasteiger partial charge in [-0.2, -0.15) is 9.61 Å². The molecule has 2 N–H and O–H groups in total. The van der Waals surface area contributed by atoms with Crippen LogP contribution in [0.4, 0.5) is 0 Å². The number of hydrogen-bond donors (Lipinski definition) is 1. The van der Waals surface area contributed by atoms with Crippen LogP contribution in [0.25, 0.3) is 15.7 Å². The zero-order valence-corrected chi connectivity index (χ0v) is 11.0. The van der Waals surface area contributed by atoms with E-state index in [2.05, 4.69) is 25.6 Å². The number of hydrogen-bond acceptors (Lipinski definition) is 8. The van der Waals surface area contributed by atoms with E-state index in [1.54, 1.807) is 16.3 Å². The molecule has 3 aromatic rings. The van der Waals surface area contributed by atoms with Crippen LogP contribution in [-0.2, 0) is 17.9 Å². The molecule has 10 heteroatoms. The number of rotatable bonds is 5. The van der Waals surface area contributed by atoms with E-state index in [9.17, 15) is 0 Å². The van der Waals surface area contributed by atoms with Gasteiger partial charge in [-0.05, 0) is 0 Å². The predicted molar refractivity (Wildman–Crippen MR) is 67.4 cm³/mol. The van der Waals surface area contributed by atoms with Crippen molar-refractivity contribution < 1.29 is 4.74 Å². The SMILES string of the molecule is COCc1nnc2sc(-c3cn(CCN)nn3)nn12. The van der Waals surface area contributed by atoms with E-state index in [-0.39, 0.29) is 0 Å². The molecule has 0 spiro atoms. The predicted octanol–water partition coefficient (Wildman–Crippen LogP) is -0.451. The minimum atomic E-state index is 0.365. The average Bonchev–Trinajstić information content (AvgIpc) is 3.06. The molecule has 3 aromatic heterocycles. The van der Waals surface area contributed by atoms with Gasteiger partial charge in [-0.15, -0.1) is 15.3 Å². The largest absolute Gasteiger partial charge is 0.377 e. The Morgan fingerprint density at radius 2 is 2.26 bits per heavy atom. The van der Waals surface area contributed by atoms with Crippen LogP contribution in [0, 0.1) is 0 Å². The molecule has 0 saturated heterocycles. The summed E-state index contributed by atoms with van der Waals surface area (Å²) in [6, 6.07) is 0. The molecule has 3 heterocycles. The molecule has 0 amide bonds. The molecule has 0 saturated carbocycles. The normalized spacial score (nSPS) is 11.5. The first-order valence-electron chi connectivity index (χ1n) is 5.62. The number of ether oxygens (including phenoxy) is 1. The molecule has 0 unspecified atom stereocenters. The van der Waals surface area contributed by atoms with E-state index >= 15 is 0 Å². The van der Waals surface area contributed by atoms with Gasteiger partial charge in [-0.1, -0.05) is 16.6 Å². The Hall–Kier alpha value is -1.91. The second kappa shape index (κ2) is 4.99. The molecule has 0 aliphatic rings. The van der Waals surface area contributed by atoms with Crippen LogP contribution in [0.1, 0.15) is 5.82 Å². The summed E-state index contributed by atoms with van der Waals surface area (Å²) in [6.07, 6.45) is 1.81. The Bertz CT molecular complexity index is 685. The maximum absolute atomic E-state index is 5.47. The Morgan fingerprint density at radius 1 is 1.37 bits per heavy atom. The van der Waals surface area contributed by atoms with Gasteiger partial charge < -0.3 is 10.5 Å². The van der Waals surface area contributed by atoms with Crippen molar-refractivity contribution in [2.45, 2.75) is 13.2 Å². The van der Waals surface area contributed by atoms with Crippen molar-refractivity contribution in [2.24, 2.45) is 5.73 Å². The van der Waals surface area contributed by atoms with E-state index in [1.807, 2.05) is 6.20 Å². The van der Waals surface area contributed by atoms with Gasteiger partial charge in [0.25, 0.3) is 0 Å². The second-order valence-electron chi connectivity index (χ2n) is 3.81. The zero-order chi connectivity index (χ0) is 13.2. The highest BCUT2D eigenvalue weighted by atomic mass is 32.1. The number of nitrogens with zero attached hydrogens (tertiary/aromatic N) is 7. The fourth-order valence-corrected chi connectivity index (χ4v) is 2.43. The van der Waals surface area contributed by atoms with Gasteiger partial charge in [-0.25, -0.2) is 0 Å². The van der Waals surface area contributed by atoms with E-state index in [1.165, 1.54) is 11.3 Å². The van der Waals surface area contributed by atoms with Crippen molar-refractivity contribution >= 4 is 16.3 Å². The van der Waals surface area contributed by atoms with Crippen molar-refractivity contribution in [2.75, 3.05) is 13.7 Å². The van der Waals surface area contributed by atoms with E-state index < -0.39 is 0 Å². The van der Waals surface area contributed by atoms with Gasteiger partial charge in [0.1, 0.15) is 12.3 Å². The van der Waals surface area contributed by atoms with E-state index in [0.29, 0.717) is 36.2 Å². The highest BCUT2D eigenvalue weighted by Crippen LogP contribution is 2.23. The summed E-state index contributed by atoms with van der Waals surface area (Å²) in [5.74, 6) is 0.661. The summed E-state index contributed by atoms with van der Waals surface area (Å²) in [5, 5.41) is 21.2. The summed E-state index contributed by atoms with van der Waals surface area (Å²) in [6.45, 7) is 1.52. The fourth-order valence-electron chi connectivity index (χ4n) is 1.62. The van der Waals surface area contributed by atoms with Gasteiger partial charge in [0.2, 0.25) is 4.96 Å². The Balaban J connectivity index is 1.95. The lowest BCUT2D eigenvalue weighted by molar-refractivity contribution is 0.176. The molecule has 0 bridgehead atoms. The highest BCUT2D eigenvalue weighted by Gasteiger charge is 2.14. The maximum Gasteiger partial charge on any atom is 0.235 e. The van der Waals surface area contributed by atoms with Gasteiger partial charge in [-0.3, -0.25) is 4.68 Å². The number of aromatic nitrogens is 7. The van der Waals surface area contributed by atoms with E-state index in [4.69, 9.17) is 10.5 Å². The van der Waals surface area contributed by atoms with Gasteiger partial charge in [0.15, 0.2) is 10.8 Å². The van der Waals surface area contributed by atoms with Crippen LogP contribution in [0.15, 0.2) is 6.20 Å². The summed E-state index contributed by atoms with van der Waals surface area (Å²) < 4.78 is 8.39. The molecule has 0 aliphatic heterocycles. The van der Waals surface area contributed by atoms with Crippen LogP contribution in [0.2, 0.25) is 0 Å². The minimum Gasteiger partial charge on any atom is -0.377 e. The maximum atomic E-state index is 5.47. The second-order valence-corrected chi connectivity index (χ2v) is 4.76. The average molecular weight is 280 g/mol. The molecule has 0 fully saturated rings. The molecular formula is C9H12N8OS. The molecule has 9 nitrogen and oxygen atoms in total. The van der Waals surface area contributed by atoms with Gasteiger partial charge >= 0.3 is 0 Å². The molecule has 0 atom stereocenters. The first kappa shape index (κ1) is 12.1. The summed E-state index contributed by atoms with van der Waals surface area (Å²) in [5.41, 5.74) is 6.17. The summed E-state index contributed by atoms with van der Waals surface area (Å²) in [7, 11) is 1.60. The molecule has 0 aromatic carbocycles. The molecule has 0 aliphatic carbocycles. The molecule has 0 radical (unpaired) electrons. The lowest BCUT2D eigenvalue weighted by Gasteiger charge is -1.92.